The molecule has 82 valence electrons. The Labute approximate surface area is 95.9 Å². The quantitative estimate of drug-likeness (QED) is 0.780. The Hall–Kier alpha value is -1.83. The van der Waals surface area contributed by atoms with Crippen LogP contribution >= 0.6 is 0 Å². The van der Waals surface area contributed by atoms with Gasteiger partial charge in [0.25, 0.3) is 0 Å². The number of hydrogen-bond acceptors (Lipinski definition) is 2. The summed E-state index contributed by atoms with van der Waals surface area (Å²) < 4.78 is 5.74. The minimum absolute atomic E-state index is 0.590. The molecule has 2 aromatic rings. The van der Waals surface area contributed by atoms with Crippen LogP contribution in [0.4, 0.5) is 0 Å². The Morgan fingerprint density at radius 2 is 1.88 bits per heavy atom. The Kier molecular flexibility index (Phi) is 3.20. The summed E-state index contributed by atoms with van der Waals surface area (Å²) in [6, 6.07) is 12.2. The van der Waals surface area contributed by atoms with E-state index in [9.17, 15) is 0 Å². The molecule has 0 aliphatic carbocycles. The number of aryl methyl sites for hydroxylation is 2. The maximum Gasteiger partial charge on any atom is 0.141 e. The highest BCUT2D eigenvalue weighted by Gasteiger charge is 2.01. The van der Waals surface area contributed by atoms with E-state index in [1.165, 1.54) is 5.56 Å². The van der Waals surface area contributed by atoms with Gasteiger partial charge in [0.2, 0.25) is 0 Å². The largest absolute Gasteiger partial charge is 0.487 e. The van der Waals surface area contributed by atoms with Crippen molar-refractivity contribution in [2.24, 2.45) is 0 Å². The molecule has 0 radical (unpaired) electrons. The van der Waals surface area contributed by atoms with Gasteiger partial charge in [-0.2, -0.15) is 0 Å². The second-order valence-electron chi connectivity index (χ2n) is 3.87. The highest BCUT2D eigenvalue weighted by Crippen LogP contribution is 2.17. The molecule has 1 heterocycles. The second kappa shape index (κ2) is 4.79. The number of aromatic nitrogens is 1. The standard InChI is InChI=1S/C14H15NO/c1-11-8-14(12(2)15-9-11)16-10-13-6-4-3-5-7-13/h3-9H,10H2,1-2H3. The number of hydrogen-bond donors (Lipinski definition) is 0. The fourth-order valence-corrected chi connectivity index (χ4v) is 1.49. The van der Waals surface area contributed by atoms with Crippen molar-refractivity contribution >= 4 is 0 Å². The van der Waals surface area contributed by atoms with Gasteiger partial charge in [0.1, 0.15) is 12.4 Å². The minimum atomic E-state index is 0.590. The third kappa shape index (κ3) is 2.60. The van der Waals surface area contributed by atoms with E-state index in [0.29, 0.717) is 6.61 Å². The predicted molar refractivity (Wildman–Crippen MR) is 64.5 cm³/mol. The van der Waals surface area contributed by atoms with Crippen LogP contribution in [-0.4, -0.2) is 4.98 Å². The van der Waals surface area contributed by atoms with Crippen molar-refractivity contribution in [1.82, 2.24) is 4.98 Å². The minimum Gasteiger partial charge on any atom is -0.487 e. The normalized spacial score (nSPS) is 10.1. The van der Waals surface area contributed by atoms with Crippen LogP contribution in [0.5, 0.6) is 5.75 Å². The highest BCUT2D eigenvalue weighted by molar-refractivity contribution is 5.30. The van der Waals surface area contributed by atoms with Gasteiger partial charge >= 0.3 is 0 Å². The van der Waals surface area contributed by atoms with Crippen molar-refractivity contribution in [1.29, 1.82) is 0 Å². The zero-order valence-corrected chi connectivity index (χ0v) is 9.60. The molecule has 0 bridgehead atoms. The van der Waals surface area contributed by atoms with Crippen LogP contribution in [-0.2, 0) is 6.61 Å². The molecule has 2 heteroatoms. The number of pyridine rings is 1. The van der Waals surface area contributed by atoms with Gasteiger partial charge in [0.05, 0.1) is 5.69 Å². The van der Waals surface area contributed by atoms with Gasteiger partial charge in [-0.15, -0.1) is 0 Å². The summed E-state index contributed by atoms with van der Waals surface area (Å²) in [7, 11) is 0. The topological polar surface area (TPSA) is 22.1 Å². The van der Waals surface area contributed by atoms with Gasteiger partial charge in [0.15, 0.2) is 0 Å². The monoisotopic (exact) mass is 213 g/mol. The molecular weight excluding hydrogens is 198 g/mol. The van der Waals surface area contributed by atoms with Crippen molar-refractivity contribution in [3.63, 3.8) is 0 Å². The fraction of sp³-hybridized carbons (Fsp3) is 0.214. The van der Waals surface area contributed by atoms with E-state index in [0.717, 1.165) is 17.0 Å². The molecule has 0 aliphatic heterocycles. The molecular formula is C14H15NO. The molecule has 0 spiro atoms. The van der Waals surface area contributed by atoms with E-state index in [4.69, 9.17) is 4.74 Å². The van der Waals surface area contributed by atoms with Crippen molar-refractivity contribution in [3.05, 3.63) is 59.4 Å². The molecule has 0 aliphatic rings. The van der Waals surface area contributed by atoms with Crippen LogP contribution in [0.3, 0.4) is 0 Å². The molecule has 0 saturated carbocycles. The summed E-state index contributed by atoms with van der Waals surface area (Å²) in [5.41, 5.74) is 3.22. The smallest absolute Gasteiger partial charge is 0.141 e. The Balaban J connectivity index is 2.08. The maximum absolute atomic E-state index is 5.74. The van der Waals surface area contributed by atoms with Crippen LogP contribution < -0.4 is 4.74 Å². The molecule has 0 saturated heterocycles. The van der Waals surface area contributed by atoms with Crippen LogP contribution in [0, 0.1) is 13.8 Å². The van der Waals surface area contributed by atoms with Gasteiger partial charge in [-0.1, -0.05) is 30.3 Å². The van der Waals surface area contributed by atoms with Crippen LogP contribution in [0.2, 0.25) is 0 Å². The van der Waals surface area contributed by atoms with Gasteiger partial charge < -0.3 is 4.74 Å². The van der Waals surface area contributed by atoms with Gasteiger partial charge in [-0.05, 0) is 31.0 Å². The lowest BCUT2D eigenvalue weighted by atomic mass is 10.2. The molecule has 2 rings (SSSR count). The van der Waals surface area contributed by atoms with Crippen molar-refractivity contribution in [2.45, 2.75) is 20.5 Å². The van der Waals surface area contributed by atoms with Gasteiger partial charge in [-0.3, -0.25) is 4.98 Å². The van der Waals surface area contributed by atoms with Crippen LogP contribution in [0.15, 0.2) is 42.6 Å². The number of benzene rings is 1. The first-order valence-electron chi connectivity index (χ1n) is 5.35. The number of ether oxygens (including phenoxy) is 1. The Morgan fingerprint density at radius 1 is 1.12 bits per heavy atom. The summed E-state index contributed by atoms with van der Waals surface area (Å²) in [5.74, 6) is 0.865. The summed E-state index contributed by atoms with van der Waals surface area (Å²) in [6.45, 7) is 4.56. The van der Waals surface area contributed by atoms with Crippen molar-refractivity contribution in [2.75, 3.05) is 0 Å². The Morgan fingerprint density at radius 3 is 2.62 bits per heavy atom. The molecule has 16 heavy (non-hydrogen) atoms. The predicted octanol–water partition coefficient (Wildman–Crippen LogP) is 3.28. The second-order valence-corrected chi connectivity index (χ2v) is 3.87. The summed E-state index contributed by atoms with van der Waals surface area (Å²) in [5, 5.41) is 0. The van der Waals surface area contributed by atoms with E-state index < -0.39 is 0 Å². The molecule has 1 aromatic carbocycles. The lowest BCUT2D eigenvalue weighted by Crippen LogP contribution is -1.98. The van der Waals surface area contributed by atoms with Crippen molar-refractivity contribution in [3.8, 4) is 5.75 Å². The van der Waals surface area contributed by atoms with Gasteiger partial charge in [0, 0.05) is 6.20 Å². The first-order valence-corrected chi connectivity index (χ1v) is 5.35. The zero-order valence-electron chi connectivity index (χ0n) is 9.60. The molecule has 0 amide bonds. The third-order valence-electron chi connectivity index (χ3n) is 2.41. The van der Waals surface area contributed by atoms with Crippen molar-refractivity contribution < 1.29 is 4.74 Å². The molecule has 2 nitrogen and oxygen atoms in total. The van der Waals surface area contributed by atoms with E-state index in [2.05, 4.69) is 17.1 Å². The average Bonchev–Trinajstić information content (AvgIpc) is 2.32. The molecule has 0 N–H and O–H groups in total. The first-order chi connectivity index (χ1) is 7.75. The molecule has 0 fully saturated rings. The highest BCUT2D eigenvalue weighted by atomic mass is 16.5. The summed E-state index contributed by atoms with van der Waals surface area (Å²) >= 11 is 0. The lowest BCUT2D eigenvalue weighted by Gasteiger charge is -2.09. The maximum atomic E-state index is 5.74. The average molecular weight is 213 g/mol. The van der Waals surface area contributed by atoms with E-state index in [1.807, 2.05) is 44.3 Å². The van der Waals surface area contributed by atoms with Crippen LogP contribution in [0.25, 0.3) is 0 Å². The van der Waals surface area contributed by atoms with E-state index >= 15 is 0 Å². The van der Waals surface area contributed by atoms with Gasteiger partial charge in [-0.25, -0.2) is 0 Å². The number of rotatable bonds is 3. The molecule has 0 atom stereocenters. The molecule has 1 aromatic heterocycles. The van der Waals surface area contributed by atoms with Crippen LogP contribution in [0.1, 0.15) is 16.8 Å². The molecule has 0 unspecified atom stereocenters. The van der Waals surface area contributed by atoms with E-state index in [1.54, 1.807) is 0 Å². The first kappa shape index (κ1) is 10.7. The SMILES string of the molecule is Cc1cnc(C)c(OCc2ccccc2)c1. The van der Waals surface area contributed by atoms with E-state index in [-0.39, 0.29) is 0 Å². The third-order valence-corrected chi connectivity index (χ3v) is 2.41. The summed E-state index contributed by atoms with van der Waals surface area (Å²) in [4.78, 5) is 4.27. The fourth-order valence-electron chi connectivity index (χ4n) is 1.49. The number of nitrogens with zero attached hydrogens (tertiary/aromatic N) is 1. The summed E-state index contributed by atoms with van der Waals surface area (Å²) in [6.07, 6.45) is 1.85. The zero-order chi connectivity index (χ0) is 11.4. The Bertz CT molecular complexity index is 465. The lowest BCUT2D eigenvalue weighted by molar-refractivity contribution is 0.302.